The van der Waals surface area contributed by atoms with Gasteiger partial charge >= 0.3 is 0 Å². The first-order valence-corrected chi connectivity index (χ1v) is 2.30. The molecule has 1 aliphatic heterocycles. The standard InChI is InChI=1S/C4H9N3/c1-7-3-4(5)2-6-7/h2,4H,3,5H2,1H3. The first-order chi connectivity index (χ1) is 3.29. The summed E-state index contributed by atoms with van der Waals surface area (Å²) in [6.45, 7) is 0.861. The molecule has 0 aromatic rings. The van der Waals surface area contributed by atoms with E-state index >= 15 is 0 Å². The van der Waals surface area contributed by atoms with Crippen molar-refractivity contribution in [3.63, 3.8) is 0 Å². The van der Waals surface area contributed by atoms with E-state index in [1.165, 1.54) is 0 Å². The molecule has 0 amide bonds. The van der Waals surface area contributed by atoms with Crippen molar-refractivity contribution in [3.8, 4) is 0 Å². The highest BCUT2D eigenvalue weighted by Crippen LogP contribution is 1.91. The predicted octanol–water partition coefficient (Wildman–Crippen LogP) is -0.755. The molecule has 0 aliphatic carbocycles. The van der Waals surface area contributed by atoms with Gasteiger partial charge in [-0.3, -0.25) is 5.01 Å². The van der Waals surface area contributed by atoms with Gasteiger partial charge in [-0.25, -0.2) is 0 Å². The van der Waals surface area contributed by atoms with Gasteiger partial charge in [0.25, 0.3) is 0 Å². The molecule has 1 heterocycles. The van der Waals surface area contributed by atoms with E-state index in [0.717, 1.165) is 6.54 Å². The van der Waals surface area contributed by atoms with Crippen molar-refractivity contribution < 1.29 is 0 Å². The van der Waals surface area contributed by atoms with Crippen molar-refractivity contribution in [1.29, 1.82) is 0 Å². The summed E-state index contributed by atoms with van der Waals surface area (Å²) in [5.41, 5.74) is 5.43. The maximum Gasteiger partial charge on any atom is 0.0612 e. The molecule has 1 unspecified atom stereocenters. The Hall–Kier alpha value is -0.570. The Bertz CT molecular complexity index is 78.9. The number of nitrogens with zero attached hydrogens (tertiary/aromatic N) is 2. The van der Waals surface area contributed by atoms with E-state index in [-0.39, 0.29) is 6.04 Å². The molecule has 0 aromatic heterocycles. The fourth-order valence-corrected chi connectivity index (χ4v) is 0.599. The fourth-order valence-electron chi connectivity index (χ4n) is 0.599. The SMILES string of the molecule is CN1CC(N)C=N1. The number of hydrogen-bond donors (Lipinski definition) is 1. The largest absolute Gasteiger partial charge is 0.322 e. The van der Waals surface area contributed by atoms with Gasteiger partial charge < -0.3 is 5.73 Å². The van der Waals surface area contributed by atoms with Gasteiger partial charge in [0.1, 0.15) is 0 Å². The minimum Gasteiger partial charge on any atom is -0.322 e. The molecule has 1 rings (SSSR count). The van der Waals surface area contributed by atoms with Crippen LogP contribution >= 0.6 is 0 Å². The van der Waals surface area contributed by atoms with E-state index in [9.17, 15) is 0 Å². The van der Waals surface area contributed by atoms with Gasteiger partial charge in [0, 0.05) is 13.3 Å². The van der Waals surface area contributed by atoms with Gasteiger partial charge in [-0.1, -0.05) is 0 Å². The van der Waals surface area contributed by atoms with E-state index in [1.807, 2.05) is 12.1 Å². The maximum atomic E-state index is 5.43. The monoisotopic (exact) mass is 99.1 g/mol. The molecule has 0 saturated heterocycles. The summed E-state index contributed by atoms with van der Waals surface area (Å²) in [4.78, 5) is 0. The molecular weight excluding hydrogens is 90.1 g/mol. The number of hydrogen-bond acceptors (Lipinski definition) is 3. The second-order valence-corrected chi connectivity index (χ2v) is 1.77. The van der Waals surface area contributed by atoms with Crippen molar-refractivity contribution in [2.24, 2.45) is 10.8 Å². The molecule has 1 aliphatic rings. The second-order valence-electron chi connectivity index (χ2n) is 1.77. The third-order valence-electron chi connectivity index (χ3n) is 0.930. The lowest BCUT2D eigenvalue weighted by Crippen LogP contribution is -2.26. The van der Waals surface area contributed by atoms with Crippen LogP contribution in [0.15, 0.2) is 5.10 Å². The topological polar surface area (TPSA) is 41.6 Å². The average Bonchev–Trinajstić information content (AvgIpc) is 1.87. The summed E-state index contributed by atoms with van der Waals surface area (Å²) in [7, 11) is 1.91. The molecule has 0 bridgehead atoms. The van der Waals surface area contributed by atoms with Gasteiger partial charge in [0.15, 0.2) is 0 Å². The molecule has 3 heteroatoms. The molecule has 1 atom stereocenters. The highest BCUT2D eigenvalue weighted by atomic mass is 15.5. The minimum absolute atomic E-state index is 0.157. The Labute approximate surface area is 42.8 Å². The second kappa shape index (κ2) is 1.50. The van der Waals surface area contributed by atoms with Crippen LogP contribution in [0.3, 0.4) is 0 Å². The van der Waals surface area contributed by atoms with E-state index in [2.05, 4.69) is 5.10 Å². The van der Waals surface area contributed by atoms with Crippen LogP contribution < -0.4 is 5.73 Å². The highest BCUT2D eigenvalue weighted by molar-refractivity contribution is 5.65. The third kappa shape index (κ3) is 0.899. The Kier molecular flexibility index (Phi) is 0.982. The van der Waals surface area contributed by atoms with Crippen LogP contribution in [0.5, 0.6) is 0 Å². The number of likely N-dealkylation sites (N-methyl/N-ethyl adjacent to an activating group) is 1. The lowest BCUT2D eigenvalue weighted by atomic mass is 10.4. The van der Waals surface area contributed by atoms with Crippen molar-refractivity contribution in [1.82, 2.24) is 5.01 Å². The predicted molar refractivity (Wildman–Crippen MR) is 29.1 cm³/mol. The normalized spacial score (nSPS) is 29.4. The molecule has 0 aromatic carbocycles. The smallest absolute Gasteiger partial charge is 0.0612 e. The van der Waals surface area contributed by atoms with Crippen LogP contribution in [0.1, 0.15) is 0 Å². The van der Waals surface area contributed by atoms with Crippen LogP contribution in [0.2, 0.25) is 0 Å². The molecule has 7 heavy (non-hydrogen) atoms. The molecule has 0 spiro atoms. The molecule has 3 nitrogen and oxygen atoms in total. The number of rotatable bonds is 0. The Balaban J connectivity index is 2.42. The van der Waals surface area contributed by atoms with Crippen molar-refractivity contribution in [2.75, 3.05) is 13.6 Å². The van der Waals surface area contributed by atoms with E-state index < -0.39 is 0 Å². The molecular formula is C4H9N3. The summed E-state index contributed by atoms with van der Waals surface area (Å²) in [5, 5.41) is 5.72. The van der Waals surface area contributed by atoms with Gasteiger partial charge in [-0.05, 0) is 0 Å². The van der Waals surface area contributed by atoms with E-state index in [4.69, 9.17) is 5.73 Å². The fraction of sp³-hybridized carbons (Fsp3) is 0.750. The average molecular weight is 99.1 g/mol. The lowest BCUT2D eigenvalue weighted by Gasteiger charge is -2.03. The van der Waals surface area contributed by atoms with Crippen LogP contribution in [-0.4, -0.2) is 30.9 Å². The quantitative estimate of drug-likeness (QED) is 0.434. The Morgan fingerprint density at radius 1 is 2.00 bits per heavy atom. The molecule has 40 valence electrons. The van der Waals surface area contributed by atoms with Crippen molar-refractivity contribution in [3.05, 3.63) is 0 Å². The molecule has 2 N–H and O–H groups in total. The van der Waals surface area contributed by atoms with Crippen molar-refractivity contribution >= 4 is 6.21 Å². The Morgan fingerprint density at radius 3 is 2.86 bits per heavy atom. The summed E-state index contributed by atoms with van der Waals surface area (Å²) in [5.74, 6) is 0. The summed E-state index contributed by atoms with van der Waals surface area (Å²) in [6, 6.07) is 0.157. The Morgan fingerprint density at radius 2 is 2.71 bits per heavy atom. The van der Waals surface area contributed by atoms with E-state index in [1.54, 1.807) is 6.21 Å². The van der Waals surface area contributed by atoms with Crippen LogP contribution in [0, 0.1) is 0 Å². The van der Waals surface area contributed by atoms with Gasteiger partial charge in [-0.2, -0.15) is 5.10 Å². The first kappa shape index (κ1) is 4.59. The van der Waals surface area contributed by atoms with E-state index in [0.29, 0.717) is 0 Å². The van der Waals surface area contributed by atoms with Gasteiger partial charge in [0.05, 0.1) is 12.6 Å². The zero-order chi connectivity index (χ0) is 5.28. The molecule has 0 radical (unpaired) electrons. The minimum atomic E-state index is 0.157. The summed E-state index contributed by atoms with van der Waals surface area (Å²) >= 11 is 0. The maximum absolute atomic E-state index is 5.43. The first-order valence-electron chi connectivity index (χ1n) is 2.30. The lowest BCUT2D eigenvalue weighted by molar-refractivity contribution is 0.381. The zero-order valence-corrected chi connectivity index (χ0v) is 4.33. The summed E-state index contributed by atoms with van der Waals surface area (Å²) in [6.07, 6.45) is 1.75. The molecule has 0 fully saturated rings. The highest BCUT2D eigenvalue weighted by Gasteiger charge is 2.06. The van der Waals surface area contributed by atoms with Crippen molar-refractivity contribution in [2.45, 2.75) is 6.04 Å². The third-order valence-corrected chi connectivity index (χ3v) is 0.930. The zero-order valence-electron chi connectivity index (χ0n) is 4.33. The van der Waals surface area contributed by atoms with Crippen LogP contribution in [0.25, 0.3) is 0 Å². The number of nitrogens with two attached hydrogens (primary N) is 1. The summed E-state index contributed by atoms with van der Waals surface area (Å²) < 4.78 is 0. The van der Waals surface area contributed by atoms with Gasteiger partial charge in [-0.15, -0.1) is 0 Å². The van der Waals surface area contributed by atoms with Crippen LogP contribution in [0.4, 0.5) is 0 Å². The molecule has 0 saturated carbocycles. The van der Waals surface area contributed by atoms with Gasteiger partial charge in [0.2, 0.25) is 0 Å². The number of hydrazone groups is 1. The van der Waals surface area contributed by atoms with Crippen LogP contribution in [-0.2, 0) is 0 Å².